The van der Waals surface area contributed by atoms with Crippen molar-refractivity contribution in [1.82, 2.24) is 10.1 Å². The van der Waals surface area contributed by atoms with Crippen molar-refractivity contribution in [2.24, 2.45) is 0 Å². The third kappa shape index (κ3) is 1.14. The summed E-state index contributed by atoms with van der Waals surface area (Å²) in [6.07, 6.45) is 0. The Bertz CT molecular complexity index is 475. The van der Waals surface area contributed by atoms with Gasteiger partial charge in [-0.1, -0.05) is 5.16 Å². The monoisotopic (exact) mass is 178 g/mol. The molecule has 0 aliphatic rings. The van der Waals surface area contributed by atoms with Crippen LogP contribution in [0.2, 0.25) is 0 Å². The summed E-state index contributed by atoms with van der Waals surface area (Å²) in [5.74, 6) is -1.13. The van der Waals surface area contributed by atoms with E-state index in [0.717, 1.165) is 5.69 Å². The van der Waals surface area contributed by atoms with Crippen LogP contribution in [0.4, 0.5) is 0 Å². The van der Waals surface area contributed by atoms with Gasteiger partial charge >= 0.3 is 5.97 Å². The second-order valence-corrected chi connectivity index (χ2v) is 2.64. The number of aromatic carboxylic acids is 1. The fourth-order valence-electron chi connectivity index (χ4n) is 1.07. The van der Waals surface area contributed by atoms with Gasteiger partial charge in [0.05, 0.1) is 0 Å². The van der Waals surface area contributed by atoms with Crippen LogP contribution in [0.1, 0.15) is 16.2 Å². The minimum atomic E-state index is -1.13. The summed E-state index contributed by atoms with van der Waals surface area (Å²) >= 11 is 0. The van der Waals surface area contributed by atoms with Crippen molar-refractivity contribution in [3.05, 3.63) is 23.5 Å². The van der Waals surface area contributed by atoms with E-state index in [4.69, 9.17) is 9.63 Å². The van der Waals surface area contributed by atoms with Crippen molar-refractivity contribution in [2.45, 2.75) is 6.92 Å². The van der Waals surface area contributed by atoms with Crippen molar-refractivity contribution in [1.29, 1.82) is 0 Å². The topological polar surface area (TPSA) is 76.2 Å². The lowest BCUT2D eigenvalue weighted by Crippen LogP contribution is -1.97. The van der Waals surface area contributed by atoms with Crippen LogP contribution >= 0.6 is 0 Å². The highest BCUT2D eigenvalue weighted by Gasteiger charge is 2.15. The molecular weight excluding hydrogens is 172 g/mol. The van der Waals surface area contributed by atoms with Gasteiger partial charge in [0, 0.05) is 5.69 Å². The Labute approximate surface area is 73.0 Å². The number of fused-ring (bicyclic) bond motifs is 1. The molecule has 66 valence electrons. The average Bonchev–Trinajstić information content (AvgIpc) is 2.46. The summed E-state index contributed by atoms with van der Waals surface area (Å²) in [5.41, 5.74) is 1.28. The molecule has 0 aromatic carbocycles. The molecule has 2 heterocycles. The molecule has 0 saturated carbocycles. The zero-order chi connectivity index (χ0) is 9.42. The number of aromatic nitrogens is 2. The van der Waals surface area contributed by atoms with Gasteiger partial charge in [0.2, 0.25) is 5.69 Å². The minimum absolute atomic E-state index is 0.140. The first-order valence-electron chi connectivity index (χ1n) is 3.65. The van der Waals surface area contributed by atoms with Gasteiger partial charge < -0.3 is 9.63 Å². The molecule has 0 radical (unpaired) electrons. The van der Waals surface area contributed by atoms with E-state index < -0.39 is 5.97 Å². The third-order valence-corrected chi connectivity index (χ3v) is 1.66. The Balaban J connectivity index is 2.79. The van der Waals surface area contributed by atoms with Gasteiger partial charge in [0.25, 0.3) is 0 Å². The van der Waals surface area contributed by atoms with E-state index in [2.05, 4.69) is 10.1 Å². The molecule has 2 rings (SSSR count). The minimum Gasteiger partial charge on any atom is -0.476 e. The zero-order valence-corrected chi connectivity index (χ0v) is 6.81. The maximum absolute atomic E-state index is 10.6. The van der Waals surface area contributed by atoms with Gasteiger partial charge in [0.1, 0.15) is 5.52 Å². The zero-order valence-electron chi connectivity index (χ0n) is 6.81. The number of rotatable bonds is 1. The molecule has 13 heavy (non-hydrogen) atoms. The lowest BCUT2D eigenvalue weighted by atomic mass is 10.3. The second kappa shape index (κ2) is 2.55. The van der Waals surface area contributed by atoms with E-state index in [1.807, 2.05) is 0 Å². The molecule has 0 aliphatic carbocycles. The second-order valence-electron chi connectivity index (χ2n) is 2.64. The van der Waals surface area contributed by atoms with Crippen LogP contribution in [0.3, 0.4) is 0 Å². The van der Waals surface area contributed by atoms with Crippen molar-refractivity contribution in [3.8, 4) is 0 Å². The summed E-state index contributed by atoms with van der Waals surface area (Å²) in [4.78, 5) is 14.6. The Morgan fingerprint density at radius 2 is 2.31 bits per heavy atom. The molecule has 0 unspecified atom stereocenters. The highest BCUT2D eigenvalue weighted by Crippen LogP contribution is 2.15. The van der Waals surface area contributed by atoms with E-state index >= 15 is 0 Å². The van der Waals surface area contributed by atoms with Gasteiger partial charge in [-0.25, -0.2) is 9.78 Å². The number of nitrogens with zero attached hydrogens (tertiary/aromatic N) is 2. The molecule has 0 bridgehead atoms. The summed E-state index contributed by atoms with van der Waals surface area (Å²) < 4.78 is 4.77. The summed E-state index contributed by atoms with van der Waals surface area (Å²) in [5, 5.41) is 12.1. The number of carbonyl (C=O) groups is 1. The molecule has 1 N–H and O–H groups in total. The quantitative estimate of drug-likeness (QED) is 0.710. The molecule has 2 aromatic heterocycles. The van der Waals surface area contributed by atoms with Crippen LogP contribution in [0.5, 0.6) is 0 Å². The van der Waals surface area contributed by atoms with Gasteiger partial charge in [0.15, 0.2) is 5.58 Å². The number of carboxylic acid groups (broad SMARTS) is 1. The van der Waals surface area contributed by atoms with Gasteiger partial charge in [-0.05, 0) is 19.1 Å². The summed E-state index contributed by atoms with van der Waals surface area (Å²) in [6.45, 7) is 1.78. The predicted octanol–water partition coefficient (Wildman–Crippen LogP) is 1.23. The summed E-state index contributed by atoms with van der Waals surface area (Å²) in [7, 11) is 0. The first kappa shape index (κ1) is 7.72. The maximum atomic E-state index is 10.6. The predicted molar refractivity (Wildman–Crippen MR) is 43.5 cm³/mol. The molecule has 0 amide bonds. The number of aryl methyl sites for hydroxylation is 1. The van der Waals surface area contributed by atoms with E-state index in [-0.39, 0.29) is 5.69 Å². The highest BCUT2D eigenvalue weighted by molar-refractivity contribution is 5.98. The SMILES string of the molecule is Cc1ccc2onc(C(=O)O)c2n1. The Morgan fingerprint density at radius 3 is 3.00 bits per heavy atom. The normalized spacial score (nSPS) is 10.5. The lowest BCUT2D eigenvalue weighted by molar-refractivity contribution is 0.0687. The van der Waals surface area contributed by atoms with E-state index in [0.29, 0.717) is 11.1 Å². The largest absolute Gasteiger partial charge is 0.476 e. The molecule has 5 heteroatoms. The smallest absolute Gasteiger partial charge is 0.360 e. The highest BCUT2D eigenvalue weighted by atomic mass is 16.5. The Morgan fingerprint density at radius 1 is 1.54 bits per heavy atom. The van der Waals surface area contributed by atoms with Crippen molar-refractivity contribution < 1.29 is 14.4 Å². The molecule has 5 nitrogen and oxygen atoms in total. The molecule has 0 saturated heterocycles. The van der Waals surface area contributed by atoms with Crippen LogP contribution in [0, 0.1) is 6.92 Å². The average molecular weight is 178 g/mol. The van der Waals surface area contributed by atoms with E-state index in [1.54, 1.807) is 19.1 Å². The molecule has 0 aliphatic heterocycles. The number of hydrogen-bond acceptors (Lipinski definition) is 4. The third-order valence-electron chi connectivity index (χ3n) is 1.66. The van der Waals surface area contributed by atoms with E-state index in [1.165, 1.54) is 0 Å². The Kier molecular flexibility index (Phi) is 1.51. The molecule has 2 aromatic rings. The van der Waals surface area contributed by atoms with Gasteiger partial charge in [-0.2, -0.15) is 0 Å². The van der Waals surface area contributed by atoms with Crippen LogP contribution in [-0.4, -0.2) is 21.2 Å². The van der Waals surface area contributed by atoms with Gasteiger partial charge in [-0.3, -0.25) is 0 Å². The lowest BCUT2D eigenvalue weighted by Gasteiger charge is -1.89. The van der Waals surface area contributed by atoms with Gasteiger partial charge in [-0.15, -0.1) is 0 Å². The molecule has 0 fully saturated rings. The number of hydrogen-bond donors (Lipinski definition) is 1. The van der Waals surface area contributed by atoms with Crippen LogP contribution in [0.25, 0.3) is 11.1 Å². The molecule has 0 atom stereocenters. The van der Waals surface area contributed by atoms with E-state index in [9.17, 15) is 4.79 Å². The first-order chi connectivity index (χ1) is 6.18. The van der Waals surface area contributed by atoms with Crippen LogP contribution in [0.15, 0.2) is 16.7 Å². The Hall–Kier alpha value is -1.91. The first-order valence-corrected chi connectivity index (χ1v) is 3.65. The fraction of sp³-hybridized carbons (Fsp3) is 0.125. The fourth-order valence-corrected chi connectivity index (χ4v) is 1.07. The van der Waals surface area contributed by atoms with Crippen molar-refractivity contribution in [2.75, 3.05) is 0 Å². The van der Waals surface area contributed by atoms with Crippen LogP contribution in [-0.2, 0) is 0 Å². The van der Waals surface area contributed by atoms with Crippen LogP contribution < -0.4 is 0 Å². The number of pyridine rings is 1. The summed E-state index contributed by atoms with van der Waals surface area (Å²) in [6, 6.07) is 3.39. The van der Waals surface area contributed by atoms with Crippen molar-refractivity contribution in [3.63, 3.8) is 0 Å². The van der Waals surface area contributed by atoms with Crippen molar-refractivity contribution >= 4 is 17.1 Å². The number of carboxylic acids is 1. The molecule has 0 spiro atoms. The molecular formula is C8H6N2O3. The standard InChI is InChI=1S/C8H6N2O3/c1-4-2-3-5-6(9-4)7(8(11)12)10-13-5/h2-3H,1H3,(H,11,12). The maximum Gasteiger partial charge on any atom is 0.360 e.